The summed E-state index contributed by atoms with van der Waals surface area (Å²) in [5, 5.41) is 3.99. The second-order valence-electron chi connectivity index (χ2n) is 6.37. The number of halogens is 3. The van der Waals surface area contributed by atoms with Gasteiger partial charge in [0.15, 0.2) is 11.4 Å². The van der Waals surface area contributed by atoms with Crippen LogP contribution in [0.15, 0.2) is 52.1 Å². The van der Waals surface area contributed by atoms with E-state index in [0.29, 0.717) is 28.9 Å². The fraction of sp³-hybridized carbons (Fsp3) is 0.294. The third-order valence-electron chi connectivity index (χ3n) is 4.76. The number of hydrazone groups is 1. The summed E-state index contributed by atoms with van der Waals surface area (Å²) in [6.07, 6.45) is 1.28. The molecule has 6 nitrogen and oxygen atoms in total. The topological polar surface area (TPSA) is 86.8 Å². The second kappa shape index (κ2) is 5.87. The molecule has 2 aliphatic heterocycles. The van der Waals surface area contributed by atoms with Gasteiger partial charge in [-0.05, 0) is 30.0 Å². The highest BCUT2D eigenvalue weighted by Crippen LogP contribution is 2.46. The van der Waals surface area contributed by atoms with Gasteiger partial charge in [0.1, 0.15) is 5.84 Å². The smallest absolute Gasteiger partial charge is 0.383 e. The van der Waals surface area contributed by atoms with Crippen LogP contribution in [0.3, 0.4) is 0 Å². The zero-order valence-corrected chi connectivity index (χ0v) is 13.7. The Hall–Kier alpha value is -2.81. The van der Waals surface area contributed by atoms with Crippen LogP contribution in [0, 0.1) is 0 Å². The van der Waals surface area contributed by atoms with Crippen LogP contribution < -0.4 is 22.2 Å². The lowest BCUT2D eigenvalue weighted by Gasteiger charge is -2.38. The molecule has 5 N–H and O–H groups in total. The van der Waals surface area contributed by atoms with Crippen molar-refractivity contribution >= 4 is 11.7 Å². The van der Waals surface area contributed by atoms with Crippen LogP contribution in [0.2, 0.25) is 0 Å². The highest BCUT2D eigenvalue weighted by atomic mass is 19.4. The van der Waals surface area contributed by atoms with Gasteiger partial charge in [0.25, 0.3) is 0 Å². The van der Waals surface area contributed by atoms with Crippen LogP contribution in [0.25, 0.3) is 0 Å². The van der Waals surface area contributed by atoms with Gasteiger partial charge < -0.3 is 5.73 Å². The first-order valence-corrected chi connectivity index (χ1v) is 8.17. The molecule has 1 aromatic rings. The first-order valence-electron chi connectivity index (χ1n) is 8.17. The lowest BCUT2D eigenvalue weighted by atomic mass is 9.77. The first kappa shape index (κ1) is 16.6. The molecule has 2 heterocycles. The summed E-state index contributed by atoms with van der Waals surface area (Å²) in [6, 6.07) is 5.09. The van der Waals surface area contributed by atoms with Crippen molar-refractivity contribution in [2.45, 2.75) is 31.0 Å². The van der Waals surface area contributed by atoms with E-state index in [0.717, 1.165) is 6.42 Å². The summed E-state index contributed by atoms with van der Waals surface area (Å²) in [5.41, 5.74) is 13.3. The second-order valence-corrected chi connectivity index (χ2v) is 6.37. The number of alkyl halides is 3. The van der Waals surface area contributed by atoms with E-state index in [9.17, 15) is 13.2 Å². The van der Waals surface area contributed by atoms with E-state index in [2.05, 4.69) is 26.6 Å². The summed E-state index contributed by atoms with van der Waals surface area (Å²) in [6.45, 7) is 0. The van der Waals surface area contributed by atoms with Crippen molar-refractivity contribution in [2.75, 3.05) is 0 Å². The maximum absolute atomic E-state index is 14.2. The van der Waals surface area contributed by atoms with E-state index >= 15 is 0 Å². The molecule has 0 aromatic heterocycles. The number of aliphatic imine (C=N–C) groups is 1. The largest absolute Gasteiger partial charge is 0.418 e. The highest BCUT2D eigenvalue weighted by molar-refractivity contribution is 6.03. The Labute approximate surface area is 147 Å². The van der Waals surface area contributed by atoms with Gasteiger partial charge in [-0.25, -0.2) is 10.5 Å². The molecule has 0 bridgehead atoms. The SMILES string of the molecule is NC1=NC(C2=CCCC=C2)(C(F)(F)F)Cc2cc(C3=NNNN3)ccc21. The minimum Gasteiger partial charge on any atom is -0.383 e. The predicted molar refractivity (Wildman–Crippen MR) is 92.1 cm³/mol. The van der Waals surface area contributed by atoms with Gasteiger partial charge in [0.2, 0.25) is 0 Å². The molecule has 0 spiro atoms. The normalized spacial score (nSPS) is 24.8. The quantitative estimate of drug-likeness (QED) is 0.646. The summed E-state index contributed by atoms with van der Waals surface area (Å²) in [5.74, 6) is 0.385. The number of rotatable bonds is 2. The third-order valence-corrected chi connectivity index (χ3v) is 4.76. The highest BCUT2D eigenvalue weighted by Gasteiger charge is 2.58. The molecule has 1 aromatic carbocycles. The fourth-order valence-corrected chi connectivity index (χ4v) is 3.47. The van der Waals surface area contributed by atoms with E-state index in [1.165, 1.54) is 6.08 Å². The molecule has 0 saturated heterocycles. The molecular formula is C17H17F3N6. The zero-order valence-electron chi connectivity index (χ0n) is 13.7. The number of fused-ring (bicyclic) bond motifs is 1. The number of hydrogen-bond acceptors (Lipinski definition) is 6. The van der Waals surface area contributed by atoms with Gasteiger partial charge in [-0.15, -0.1) is 10.6 Å². The number of hydrogen-bond donors (Lipinski definition) is 4. The Kier molecular flexibility index (Phi) is 3.76. The molecule has 0 saturated carbocycles. The fourth-order valence-electron chi connectivity index (χ4n) is 3.47. The number of benzene rings is 1. The van der Waals surface area contributed by atoms with Crippen molar-refractivity contribution in [1.29, 1.82) is 0 Å². The molecule has 1 atom stereocenters. The van der Waals surface area contributed by atoms with Gasteiger partial charge in [0.05, 0.1) is 0 Å². The van der Waals surface area contributed by atoms with Crippen molar-refractivity contribution in [3.05, 3.63) is 58.7 Å². The Bertz CT molecular complexity index is 868. The molecule has 26 heavy (non-hydrogen) atoms. The van der Waals surface area contributed by atoms with E-state index in [-0.39, 0.29) is 17.8 Å². The summed E-state index contributed by atoms with van der Waals surface area (Å²) >= 11 is 0. The average Bonchev–Trinajstić information content (AvgIpc) is 3.15. The minimum absolute atomic E-state index is 0.104. The monoisotopic (exact) mass is 362 g/mol. The van der Waals surface area contributed by atoms with Crippen LogP contribution >= 0.6 is 0 Å². The molecular weight excluding hydrogens is 345 g/mol. The molecule has 136 valence electrons. The zero-order chi connectivity index (χ0) is 18.4. The van der Waals surface area contributed by atoms with Gasteiger partial charge in [0, 0.05) is 17.5 Å². The van der Waals surface area contributed by atoms with E-state index in [1.54, 1.807) is 30.4 Å². The van der Waals surface area contributed by atoms with Gasteiger partial charge >= 0.3 is 6.18 Å². The van der Waals surface area contributed by atoms with Crippen molar-refractivity contribution in [3.63, 3.8) is 0 Å². The van der Waals surface area contributed by atoms with Crippen LogP contribution in [-0.2, 0) is 6.42 Å². The molecule has 9 heteroatoms. The van der Waals surface area contributed by atoms with Crippen LogP contribution in [0.4, 0.5) is 13.2 Å². The van der Waals surface area contributed by atoms with Crippen molar-refractivity contribution < 1.29 is 13.2 Å². The minimum atomic E-state index is -4.56. The Morgan fingerprint density at radius 1 is 1.19 bits per heavy atom. The molecule has 0 amide bonds. The van der Waals surface area contributed by atoms with Crippen LogP contribution in [-0.4, -0.2) is 23.4 Å². The third kappa shape index (κ3) is 2.55. The molecule has 0 radical (unpaired) electrons. The first-order chi connectivity index (χ1) is 12.4. The van der Waals surface area contributed by atoms with Crippen molar-refractivity contribution in [3.8, 4) is 0 Å². The maximum atomic E-state index is 14.2. The van der Waals surface area contributed by atoms with Crippen molar-refractivity contribution in [1.82, 2.24) is 16.5 Å². The van der Waals surface area contributed by atoms with Crippen LogP contribution in [0.1, 0.15) is 29.5 Å². The molecule has 0 fully saturated rings. The molecule has 1 aliphatic carbocycles. The van der Waals surface area contributed by atoms with E-state index in [1.807, 2.05) is 0 Å². The summed E-state index contributed by atoms with van der Waals surface area (Å²) in [4.78, 5) is 3.96. The maximum Gasteiger partial charge on any atom is 0.418 e. The summed E-state index contributed by atoms with van der Waals surface area (Å²) in [7, 11) is 0. The number of nitrogens with one attached hydrogen (secondary N) is 3. The number of nitrogens with two attached hydrogens (primary N) is 1. The molecule has 1 unspecified atom stereocenters. The molecule has 3 aliphatic rings. The Balaban J connectivity index is 1.83. The van der Waals surface area contributed by atoms with Crippen molar-refractivity contribution in [2.24, 2.45) is 15.8 Å². The number of hydrazine groups is 2. The van der Waals surface area contributed by atoms with Gasteiger partial charge in [-0.2, -0.15) is 13.2 Å². The average molecular weight is 362 g/mol. The summed E-state index contributed by atoms with van der Waals surface area (Å²) < 4.78 is 42.5. The number of nitrogens with zero attached hydrogens (tertiary/aromatic N) is 2. The Morgan fingerprint density at radius 3 is 2.69 bits per heavy atom. The molecule has 4 rings (SSSR count). The van der Waals surface area contributed by atoms with E-state index < -0.39 is 11.7 Å². The number of amidine groups is 2. The van der Waals surface area contributed by atoms with Gasteiger partial charge in [-0.3, -0.25) is 5.43 Å². The Morgan fingerprint density at radius 2 is 2.04 bits per heavy atom. The lowest BCUT2D eigenvalue weighted by Crippen LogP contribution is -2.51. The number of allylic oxidation sites excluding steroid dienone is 2. The standard InChI is InChI=1S/C17H17F3N6/c18-17(19,20)16(12-4-2-1-3-5-12)9-11-8-10(15-23-25-26-24-15)6-7-13(11)14(21)22-16/h2,4-8,25-26H,1,3,9H2,(H2,21,22)(H,23,24). The van der Waals surface area contributed by atoms with E-state index in [4.69, 9.17) is 5.73 Å². The predicted octanol–water partition coefficient (Wildman–Crippen LogP) is 1.80. The van der Waals surface area contributed by atoms with Crippen LogP contribution in [0.5, 0.6) is 0 Å². The lowest BCUT2D eigenvalue weighted by molar-refractivity contribution is -0.173. The van der Waals surface area contributed by atoms with Gasteiger partial charge in [-0.1, -0.05) is 30.4 Å².